The molecule has 2 aromatic rings. The van der Waals surface area contributed by atoms with E-state index in [9.17, 15) is 9.18 Å². The van der Waals surface area contributed by atoms with E-state index in [1.165, 1.54) is 12.1 Å². The number of carboxylic acids is 1. The van der Waals surface area contributed by atoms with Gasteiger partial charge < -0.3 is 15.0 Å². The van der Waals surface area contributed by atoms with E-state index in [2.05, 4.69) is 10.3 Å². The summed E-state index contributed by atoms with van der Waals surface area (Å²) in [5, 5.41) is 12.3. The topological polar surface area (TPSA) is 70.4 Å². The van der Waals surface area contributed by atoms with Crippen LogP contribution in [0.4, 0.5) is 10.3 Å². The highest BCUT2D eigenvalue weighted by Gasteiger charge is 2.34. The fraction of sp³-hybridized carbons (Fsp3) is 0.500. The quantitative estimate of drug-likeness (QED) is 0.852. The van der Waals surface area contributed by atoms with E-state index in [1.54, 1.807) is 6.07 Å². The molecule has 23 heavy (non-hydrogen) atoms. The van der Waals surface area contributed by atoms with Gasteiger partial charge in [0.05, 0.1) is 17.6 Å². The van der Waals surface area contributed by atoms with Crippen molar-refractivity contribution in [3.05, 3.63) is 24.0 Å². The summed E-state index contributed by atoms with van der Waals surface area (Å²) >= 11 is 0. The van der Waals surface area contributed by atoms with Gasteiger partial charge in [-0.15, -0.1) is 0 Å². The van der Waals surface area contributed by atoms with Gasteiger partial charge in [0, 0.05) is 19.1 Å². The van der Waals surface area contributed by atoms with Gasteiger partial charge in [0.2, 0.25) is 5.95 Å². The predicted molar refractivity (Wildman–Crippen MR) is 86.0 cm³/mol. The first-order valence-corrected chi connectivity index (χ1v) is 7.82. The number of fused-ring (bicyclic) bond motifs is 1. The number of imidazole rings is 1. The number of aliphatic carboxylic acids is 1. The van der Waals surface area contributed by atoms with Crippen LogP contribution in [-0.4, -0.2) is 50.7 Å². The van der Waals surface area contributed by atoms with Crippen molar-refractivity contribution in [2.24, 2.45) is 7.05 Å². The summed E-state index contributed by atoms with van der Waals surface area (Å²) < 4.78 is 15.2. The average molecular weight is 320 g/mol. The zero-order valence-electron chi connectivity index (χ0n) is 13.3. The van der Waals surface area contributed by atoms with Crippen LogP contribution in [0.1, 0.15) is 19.8 Å². The lowest BCUT2D eigenvalue weighted by atomic mass is 9.85. The summed E-state index contributed by atoms with van der Waals surface area (Å²) in [6, 6.07) is 5.11. The Kier molecular flexibility index (Phi) is 4.21. The summed E-state index contributed by atoms with van der Waals surface area (Å²) in [6.45, 7) is 2.79. The molecule has 0 atom stereocenters. The van der Waals surface area contributed by atoms with Crippen LogP contribution in [0.25, 0.3) is 11.0 Å². The van der Waals surface area contributed by atoms with Crippen LogP contribution in [0, 0.1) is 5.82 Å². The van der Waals surface area contributed by atoms with Gasteiger partial charge in [-0.1, -0.05) is 6.92 Å². The second-order valence-electron chi connectivity index (χ2n) is 6.05. The van der Waals surface area contributed by atoms with Crippen LogP contribution >= 0.6 is 0 Å². The number of carbonyl (C=O) groups is 1. The lowest BCUT2D eigenvalue weighted by Crippen LogP contribution is -2.51. The number of nitrogens with zero attached hydrogens (tertiary/aromatic N) is 3. The van der Waals surface area contributed by atoms with Crippen molar-refractivity contribution in [2.75, 3.05) is 18.4 Å². The summed E-state index contributed by atoms with van der Waals surface area (Å²) in [5.74, 6) is -0.348. The van der Waals surface area contributed by atoms with Crippen LogP contribution in [-0.2, 0) is 11.8 Å². The number of halogens is 1. The Bertz CT molecular complexity index is 724. The van der Waals surface area contributed by atoms with Gasteiger partial charge in [-0.25, -0.2) is 9.37 Å². The van der Waals surface area contributed by atoms with E-state index < -0.39 is 5.97 Å². The van der Waals surface area contributed by atoms with Gasteiger partial charge in [0.25, 0.3) is 0 Å². The normalized spacial score (nSPS) is 20.7. The Morgan fingerprint density at radius 3 is 2.91 bits per heavy atom. The first-order chi connectivity index (χ1) is 11.0. The minimum Gasteiger partial charge on any atom is -0.480 e. The minimum absolute atomic E-state index is 0.0828. The minimum atomic E-state index is -0.791. The SMILES string of the molecule is CCN(CC(=O)O)C1CC(Nc2nc3ccc(F)cc3n2C)C1. The maximum Gasteiger partial charge on any atom is 0.317 e. The average Bonchev–Trinajstić information content (AvgIpc) is 2.76. The molecule has 0 bridgehead atoms. The summed E-state index contributed by atoms with van der Waals surface area (Å²) in [7, 11) is 1.86. The van der Waals surface area contributed by atoms with Crippen molar-refractivity contribution in [1.82, 2.24) is 14.5 Å². The molecule has 0 spiro atoms. The Morgan fingerprint density at radius 2 is 2.26 bits per heavy atom. The number of aryl methyl sites for hydroxylation is 1. The first-order valence-electron chi connectivity index (χ1n) is 7.82. The predicted octanol–water partition coefficient (Wildman–Crippen LogP) is 2.06. The molecule has 2 N–H and O–H groups in total. The Morgan fingerprint density at radius 1 is 1.52 bits per heavy atom. The number of likely N-dealkylation sites (N-methyl/N-ethyl adjacent to an activating group) is 1. The number of aromatic nitrogens is 2. The number of nitrogens with one attached hydrogen (secondary N) is 1. The monoisotopic (exact) mass is 320 g/mol. The molecule has 0 unspecified atom stereocenters. The third-order valence-electron chi connectivity index (χ3n) is 4.55. The second-order valence-corrected chi connectivity index (χ2v) is 6.05. The van der Waals surface area contributed by atoms with E-state index in [4.69, 9.17) is 5.11 Å². The molecule has 0 amide bonds. The van der Waals surface area contributed by atoms with Gasteiger partial charge in [-0.05, 0) is 37.6 Å². The van der Waals surface area contributed by atoms with E-state index >= 15 is 0 Å². The molecule has 1 aliphatic rings. The second kappa shape index (κ2) is 6.16. The molecule has 0 radical (unpaired) electrons. The molecule has 1 aromatic heterocycles. The summed E-state index contributed by atoms with van der Waals surface area (Å²) in [4.78, 5) is 17.3. The fourth-order valence-electron chi connectivity index (χ4n) is 3.15. The van der Waals surface area contributed by atoms with Crippen molar-refractivity contribution < 1.29 is 14.3 Å². The largest absolute Gasteiger partial charge is 0.480 e. The van der Waals surface area contributed by atoms with Gasteiger partial charge >= 0.3 is 5.97 Å². The number of hydrogen-bond acceptors (Lipinski definition) is 4. The lowest BCUT2D eigenvalue weighted by molar-refractivity contribution is -0.139. The van der Waals surface area contributed by atoms with E-state index in [0.717, 1.165) is 36.4 Å². The van der Waals surface area contributed by atoms with Gasteiger partial charge in [-0.2, -0.15) is 0 Å². The van der Waals surface area contributed by atoms with E-state index in [-0.39, 0.29) is 18.4 Å². The van der Waals surface area contributed by atoms with Crippen LogP contribution in [0.5, 0.6) is 0 Å². The molecule has 1 aromatic carbocycles. The molecule has 6 nitrogen and oxygen atoms in total. The molecule has 1 saturated carbocycles. The number of benzene rings is 1. The summed E-state index contributed by atoms with van der Waals surface area (Å²) in [5.41, 5.74) is 1.51. The molecule has 124 valence electrons. The molecule has 7 heteroatoms. The maximum absolute atomic E-state index is 13.3. The first kappa shape index (κ1) is 15.7. The molecular formula is C16H21FN4O2. The van der Waals surface area contributed by atoms with E-state index in [0.29, 0.717) is 6.04 Å². The van der Waals surface area contributed by atoms with Gasteiger partial charge in [0.1, 0.15) is 5.82 Å². The number of hydrogen-bond donors (Lipinski definition) is 2. The molecule has 0 aliphatic heterocycles. The van der Waals surface area contributed by atoms with E-state index in [1.807, 2.05) is 23.4 Å². The number of anilines is 1. The Labute approximate surface area is 133 Å². The molecule has 3 rings (SSSR count). The van der Waals surface area contributed by atoms with Crippen molar-refractivity contribution in [2.45, 2.75) is 31.8 Å². The molecular weight excluding hydrogens is 299 g/mol. The van der Waals surface area contributed by atoms with Gasteiger partial charge in [-0.3, -0.25) is 9.69 Å². The Hall–Kier alpha value is -2.15. The lowest BCUT2D eigenvalue weighted by Gasteiger charge is -2.42. The standard InChI is InChI=1S/C16H21FN4O2/c1-3-21(9-15(22)23)12-7-11(8-12)18-16-19-13-5-4-10(17)6-14(13)20(16)2/h4-6,11-12H,3,7-9H2,1-2H3,(H,18,19)(H,22,23). The van der Waals surface area contributed by atoms with Crippen LogP contribution < -0.4 is 5.32 Å². The number of rotatable bonds is 6. The zero-order chi connectivity index (χ0) is 16.6. The van der Waals surface area contributed by atoms with Crippen LogP contribution in [0.3, 0.4) is 0 Å². The Balaban J connectivity index is 1.64. The molecule has 0 saturated heterocycles. The third-order valence-corrected chi connectivity index (χ3v) is 4.55. The molecule has 1 fully saturated rings. The third kappa shape index (κ3) is 3.14. The highest BCUT2D eigenvalue weighted by atomic mass is 19.1. The highest BCUT2D eigenvalue weighted by molar-refractivity contribution is 5.78. The summed E-state index contributed by atoms with van der Waals surface area (Å²) in [6.07, 6.45) is 1.78. The van der Waals surface area contributed by atoms with Crippen LogP contribution in [0.2, 0.25) is 0 Å². The maximum atomic E-state index is 13.3. The number of carboxylic acid groups (broad SMARTS) is 1. The zero-order valence-corrected chi connectivity index (χ0v) is 13.3. The fourth-order valence-corrected chi connectivity index (χ4v) is 3.15. The van der Waals surface area contributed by atoms with Crippen molar-refractivity contribution in [3.8, 4) is 0 Å². The molecule has 1 aliphatic carbocycles. The van der Waals surface area contributed by atoms with Crippen molar-refractivity contribution in [3.63, 3.8) is 0 Å². The highest BCUT2D eigenvalue weighted by Crippen LogP contribution is 2.29. The van der Waals surface area contributed by atoms with Crippen molar-refractivity contribution in [1.29, 1.82) is 0 Å². The van der Waals surface area contributed by atoms with Crippen molar-refractivity contribution >= 4 is 23.0 Å². The smallest absolute Gasteiger partial charge is 0.317 e. The van der Waals surface area contributed by atoms with Gasteiger partial charge in [0.15, 0.2) is 0 Å². The molecule has 1 heterocycles. The van der Waals surface area contributed by atoms with Crippen LogP contribution in [0.15, 0.2) is 18.2 Å².